The molecule has 7 heteroatoms. The van der Waals surface area contributed by atoms with Gasteiger partial charge in [-0.25, -0.2) is 14.5 Å². The summed E-state index contributed by atoms with van der Waals surface area (Å²) < 4.78 is 6.19. The summed E-state index contributed by atoms with van der Waals surface area (Å²) in [6.45, 7) is 0. The highest BCUT2D eigenvalue weighted by Gasteiger charge is 2.18. The van der Waals surface area contributed by atoms with Crippen LogP contribution in [-0.2, 0) is 0 Å². The molecule has 0 saturated heterocycles. The molecule has 4 aromatic carbocycles. The van der Waals surface area contributed by atoms with Crippen molar-refractivity contribution in [3.63, 3.8) is 0 Å². The third kappa shape index (κ3) is 2.64. The van der Waals surface area contributed by atoms with Crippen LogP contribution < -0.4 is 0 Å². The highest BCUT2D eigenvalue weighted by molar-refractivity contribution is 5.93. The summed E-state index contributed by atoms with van der Waals surface area (Å²) >= 11 is 0. The van der Waals surface area contributed by atoms with Crippen molar-refractivity contribution in [3.05, 3.63) is 102 Å². The molecule has 3 aromatic heterocycles. The third-order valence-corrected chi connectivity index (χ3v) is 6.33. The molecule has 0 fully saturated rings. The molecule has 0 atom stereocenters. The Balaban J connectivity index is 1.86. The average molecular weight is 449 g/mol. The van der Waals surface area contributed by atoms with Gasteiger partial charge >= 0.3 is 0 Å². The minimum atomic E-state index is 0.560. The van der Waals surface area contributed by atoms with Crippen molar-refractivity contribution >= 4 is 44.7 Å². The van der Waals surface area contributed by atoms with Crippen molar-refractivity contribution in [1.29, 1.82) is 10.5 Å². The monoisotopic (exact) mass is 449 g/mol. The molecule has 0 amide bonds. The van der Waals surface area contributed by atoms with Gasteiger partial charge in [-0.2, -0.15) is 10.5 Å². The first-order valence-corrected chi connectivity index (χ1v) is 11.1. The second-order valence-electron chi connectivity index (χ2n) is 8.28. The minimum Gasteiger partial charge on any atom is -0.276 e. The second-order valence-corrected chi connectivity index (χ2v) is 8.28. The van der Waals surface area contributed by atoms with E-state index in [0.717, 1.165) is 38.8 Å². The van der Waals surface area contributed by atoms with Gasteiger partial charge in [-0.3, -0.25) is 8.80 Å². The van der Waals surface area contributed by atoms with Crippen molar-refractivity contribution in [3.8, 4) is 17.8 Å². The van der Waals surface area contributed by atoms with Gasteiger partial charge in [0.05, 0.1) is 62.1 Å². The molecule has 0 aliphatic rings. The summed E-state index contributed by atoms with van der Waals surface area (Å²) in [5.74, 6) is 1.33. The van der Waals surface area contributed by atoms with Gasteiger partial charge in [-0.05, 0) is 66.7 Å². The number of hydrogen-bond donors (Lipinski definition) is 0. The molecule has 0 bridgehead atoms. The minimum absolute atomic E-state index is 0.560. The summed E-state index contributed by atoms with van der Waals surface area (Å²) in [5.41, 5.74) is 7.25. The van der Waals surface area contributed by atoms with E-state index in [1.54, 1.807) is 12.1 Å². The third-order valence-electron chi connectivity index (χ3n) is 6.33. The van der Waals surface area contributed by atoms with Crippen molar-refractivity contribution in [2.24, 2.45) is 0 Å². The van der Waals surface area contributed by atoms with E-state index in [2.05, 4.69) is 20.9 Å². The van der Waals surface area contributed by atoms with Crippen LogP contribution >= 0.6 is 0 Å². The Morgan fingerprint density at radius 1 is 0.543 bits per heavy atom. The number of para-hydroxylation sites is 4. The Bertz CT molecular complexity index is 2070. The van der Waals surface area contributed by atoms with Crippen LogP contribution in [0.5, 0.6) is 0 Å². The molecule has 35 heavy (non-hydrogen) atoms. The maximum atomic E-state index is 9.70. The zero-order valence-electron chi connectivity index (χ0n) is 18.3. The van der Waals surface area contributed by atoms with E-state index in [0.29, 0.717) is 22.7 Å². The normalized spacial score (nSPS) is 11.4. The van der Waals surface area contributed by atoms with Crippen LogP contribution in [0.15, 0.2) is 91.0 Å². The largest absolute Gasteiger partial charge is 0.276 e. The molecule has 7 nitrogen and oxygen atoms in total. The van der Waals surface area contributed by atoms with Gasteiger partial charge in [-0.15, -0.1) is 0 Å². The van der Waals surface area contributed by atoms with E-state index in [1.165, 1.54) is 0 Å². The van der Waals surface area contributed by atoms with Crippen LogP contribution in [0.3, 0.4) is 0 Å². The quantitative estimate of drug-likeness (QED) is 0.329. The first-order chi connectivity index (χ1) is 17.3. The van der Waals surface area contributed by atoms with Crippen LogP contribution in [0.1, 0.15) is 11.1 Å². The number of rotatable bonds is 1. The number of imidazole rings is 2. The summed E-state index contributed by atoms with van der Waals surface area (Å²) in [7, 11) is 0. The molecule has 0 unspecified atom stereocenters. The zero-order chi connectivity index (χ0) is 23.5. The highest BCUT2D eigenvalue weighted by Crippen LogP contribution is 2.29. The van der Waals surface area contributed by atoms with Gasteiger partial charge < -0.3 is 0 Å². The van der Waals surface area contributed by atoms with Crippen molar-refractivity contribution in [2.75, 3.05) is 0 Å². The predicted octanol–water partition coefficient (Wildman–Crippen LogP) is 5.54. The lowest BCUT2D eigenvalue weighted by atomic mass is 10.2. The molecule has 0 aliphatic carbocycles. The van der Waals surface area contributed by atoms with Crippen LogP contribution in [0, 0.1) is 22.7 Å². The smallest absolute Gasteiger partial charge is 0.223 e. The van der Waals surface area contributed by atoms with E-state index in [-0.39, 0.29) is 0 Å². The molecule has 0 spiro atoms. The maximum absolute atomic E-state index is 9.70. The van der Waals surface area contributed by atoms with Gasteiger partial charge in [0.1, 0.15) is 0 Å². The van der Waals surface area contributed by atoms with Crippen molar-refractivity contribution < 1.29 is 0 Å². The molecular weight excluding hydrogens is 434 g/mol. The Kier molecular flexibility index (Phi) is 3.85. The summed E-state index contributed by atoms with van der Waals surface area (Å²) in [5, 5.41) is 19.0. The lowest BCUT2D eigenvalue weighted by Gasteiger charge is -2.06. The second kappa shape index (κ2) is 7.05. The first-order valence-electron chi connectivity index (χ1n) is 11.1. The van der Waals surface area contributed by atoms with Gasteiger partial charge in [-0.1, -0.05) is 24.3 Å². The number of benzene rings is 4. The molecule has 7 aromatic rings. The molecule has 0 N–H and O–H groups in total. The summed E-state index contributed by atoms with van der Waals surface area (Å²) in [4.78, 5) is 10.1. The van der Waals surface area contributed by atoms with E-state index in [9.17, 15) is 10.5 Å². The predicted molar refractivity (Wildman–Crippen MR) is 134 cm³/mol. The summed E-state index contributed by atoms with van der Waals surface area (Å²) in [6.07, 6.45) is 0. The standard InChI is InChI=1S/C28H15N7/c29-16-18-9-12-20(13-10-18)33-27-31-21-5-1-3-7-23(21)34(27)25-14-11-19(17-30)15-26(25)35-24-8-4-2-6-22(24)32-28(33)35/h1-15H. The molecule has 7 rings (SSSR count). The summed E-state index contributed by atoms with van der Waals surface area (Å²) in [6, 6.07) is 33.5. The molecule has 162 valence electrons. The fraction of sp³-hybridized carbons (Fsp3) is 0. The molecule has 3 heterocycles. The van der Waals surface area contributed by atoms with E-state index < -0.39 is 0 Å². The molecule has 0 saturated carbocycles. The SMILES string of the molecule is N#Cc1ccc(-n2c3nc4ccccc4n3c3ccc(C#N)cc3n3c4ccccc4nc23)cc1. The van der Waals surface area contributed by atoms with Crippen LogP contribution in [0.2, 0.25) is 0 Å². The van der Waals surface area contributed by atoms with Crippen LogP contribution in [-0.4, -0.2) is 23.3 Å². The van der Waals surface area contributed by atoms with Crippen LogP contribution in [0.4, 0.5) is 0 Å². The van der Waals surface area contributed by atoms with Gasteiger partial charge in [0.2, 0.25) is 11.6 Å². The van der Waals surface area contributed by atoms with Crippen molar-refractivity contribution in [1.82, 2.24) is 23.3 Å². The fourth-order valence-electron chi connectivity index (χ4n) is 4.77. The van der Waals surface area contributed by atoms with Gasteiger partial charge in [0.15, 0.2) is 0 Å². The molecule has 0 radical (unpaired) electrons. The number of aromatic nitrogens is 5. The van der Waals surface area contributed by atoms with Crippen LogP contribution in [0.25, 0.3) is 50.3 Å². The van der Waals surface area contributed by atoms with E-state index >= 15 is 0 Å². The van der Waals surface area contributed by atoms with Crippen molar-refractivity contribution in [2.45, 2.75) is 0 Å². The van der Waals surface area contributed by atoms with Gasteiger partial charge in [0, 0.05) is 0 Å². The lowest BCUT2D eigenvalue weighted by Crippen LogP contribution is -2.02. The Labute approximate surface area is 198 Å². The number of nitrogens with zero attached hydrogens (tertiary/aromatic N) is 7. The Morgan fingerprint density at radius 2 is 1.09 bits per heavy atom. The number of nitriles is 2. The maximum Gasteiger partial charge on any atom is 0.223 e. The molecule has 0 aliphatic heterocycles. The number of hydrogen-bond acceptors (Lipinski definition) is 4. The zero-order valence-corrected chi connectivity index (χ0v) is 18.3. The Morgan fingerprint density at radius 3 is 1.69 bits per heavy atom. The lowest BCUT2D eigenvalue weighted by molar-refractivity contribution is 1.03. The fourth-order valence-corrected chi connectivity index (χ4v) is 4.77. The van der Waals surface area contributed by atoms with E-state index in [1.807, 2.05) is 83.4 Å². The highest BCUT2D eigenvalue weighted by atomic mass is 15.3. The topological polar surface area (TPSA) is 87.1 Å². The van der Waals surface area contributed by atoms with Gasteiger partial charge in [0.25, 0.3) is 0 Å². The first kappa shape index (κ1) is 19.1. The van der Waals surface area contributed by atoms with E-state index in [4.69, 9.17) is 9.97 Å². The molecular formula is C28H15N7. The number of fused-ring (bicyclic) bond motifs is 9. The Hall–Kier alpha value is -5.40. The average Bonchev–Trinajstić information content (AvgIpc) is 3.45.